The van der Waals surface area contributed by atoms with Gasteiger partial charge in [0.05, 0.1) is 22.0 Å². The lowest BCUT2D eigenvalue weighted by atomic mass is 10.3. The minimum atomic E-state index is -1.03. The summed E-state index contributed by atoms with van der Waals surface area (Å²) in [6, 6.07) is 4.61. The second-order valence-electron chi connectivity index (χ2n) is 3.86. The monoisotopic (exact) mass is 293 g/mol. The van der Waals surface area contributed by atoms with Gasteiger partial charge in [0.15, 0.2) is 0 Å². The molecule has 0 unspecified atom stereocenters. The predicted molar refractivity (Wildman–Crippen MR) is 71.8 cm³/mol. The molecule has 2 rings (SSSR count). The molecule has 0 aliphatic rings. The Bertz CT molecular complexity index is 624. The van der Waals surface area contributed by atoms with Crippen LogP contribution in [0.3, 0.4) is 0 Å². The number of aromatic carboxylic acids is 1. The molecule has 8 heteroatoms. The second kappa shape index (κ2) is 6.20. The second-order valence-corrected chi connectivity index (χ2v) is 4.86. The third kappa shape index (κ3) is 3.82. The van der Waals surface area contributed by atoms with Crippen LogP contribution in [0.25, 0.3) is 0 Å². The van der Waals surface area contributed by atoms with E-state index in [4.69, 9.17) is 9.63 Å². The number of thioether (sulfide) groups is 1. The first-order valence-electron chi connectivity index (χ1n) is 5.60. The molecule has 0 aliphatic carbocycles. The van der Waals surface area contributed by atoms with Crippen LogP contribution in [0, 0.1) is 6.92 Å². The molecule has 2 N–H and O–H groups in total. The Morgan fingerprint density at radius 1 is 1.45 bits per heavy atom. The summed E-state index contributed by atoms with van der Waals surface area (Å²) in [4.78, 5) is 26.2. The zero-order valence-electron chi connectivity index (χ0n) is 10.5. The van der Waals surface area contributed by atoms with Crippen molar-refractivity contribution in [3.63, 3.8) is 0 Å². The van der Waals surface area contributed by atoms with Crippen LogP contribution in [0.4, 0.5) is 5.88 Å². The number of nitrogens with one attached hydrogen (secondary N) is 1. The van der Waals surface area contributed by atoms with Crippen molar-refractivity contribution in [2.24, 2.45) is 0 Å². The first kappa shape index (κ1) is 14.1. The van der Waals surface area contributed by atoms with E-state index in [0.717, 1.165) is 0 Å². The highest BCUT2D eigenvalue weighted by atomic mass is 32.2. The molecule has 7 nitrogen and oxygen atoms in total. The quantitative estimate of drug-likeness (QED) is 0.810. The maximum Gasteiger partial charge on any atom is 0.337 e. The van der Waals surface area contributed by atoms with Gasteiger partial charge in [-0.3, -0.25) is 10.1 Å². The molecule has 0 saturated carbocycles. The third-order valence-electron chi connectivity index (χ3n) is 2.23. The number of aryl methyl sites for hydroxylation is 1. The van der Waals surface area contributed by atoms with Crippen LogP contribution in [-0.4, -0.2) is 32.9 Å². The van der Waals surface area contributed by atoms with E-state index in [0.29, 0.717) is 16.6 Å². The van der Waals surface area contributed by atoms with E-state index in [1.807, 2.05) is 0 Å². The summed E-state index contributed by atoms with van der Waals surface area (Å²) in [5, 5.41) is 15.5. The zero-order chi connectivity index (χ0) is 14.5. The number of hydrogen-bond donors (Lipinski definition) is 2. The summed E-state index contributed by atoms with van der Waals surface area (Å²) in [6.45, 7) is 1.75. The molecule has 2 heterocycles. The summed E-state index contributed by atoms with van der Waals surface area (Å²) >= 11 is 1.20. The lowest BCUT2D eigenvalue weighted by Gasteiger charge is -2.01. The lowest BCUT2D eigenvalue weighted by molar-refractivity contribution is -0.113. The average Bonchev–Trinajstić information content (AvgIpc) is 2.82. The third-order valence-corrected chi connectivity index (χ3v) is 3.17. The van der Waals surface area contributed by atoms with Crippen molar-refractivity contribution in [2.45, 2.75) is 11.9 Å². The van der Waals surface area contributed by atoms with Gasteiger partial charge in [0.2, 0.25) is 11.8 Å². The van der Waals surface area contributed by atoms with Gasteiger partial charge in [0.1, 0.15) is 0 Å². The van der Waals surface area contributed by atoms with E-state index in [1.165, 1.54) is 24.0 Å². The van der Waals surface area contributed by atoms with Gasteiger partial charge < -0.3 is 9.63 Å². The Balaban J connectivity index is 1.85. The predicted octanol–water partition coefficient (Wildman–Crippen LogP) is 1.81. The molecule has 0 spiro atoms. The minimum absolute atomic E-state index is 0.107. The number of carboxylic acid groups (broad SMARTS) is 1. The highest BCUT2D eigenvalue weighted by Gasteiger charge is 2.08. The van der Waals surface area contributed by atoms with Crippen LogP contribution in [0.15, 0.2) is 33.9 Å². The van der Waals surface area contributed by atoms with Crippen molar-refractivity contribution >= 4 is 29.5 Å². The molecule has 2 aromatic rings. The molecule has 2 aromatic heterocycles. The van der Waals surface area contributed by atoms with E-state index in [-0.39, 0.29) is 17.2 Å². The maximum atomic E-state index is 11.6. The normalized spacial score (nSPS) is 10.2. The van der Waals surface area contributed by atoms with Gasteiger partial charge in [-0.2, -0.15) is 0 Å². The number of aromatic nitrogens is 2. The number of carbonyl (C=O) groups is 2. The largest absolute Gasteiger partial charge is 0.478 e. The fourth-order valence-corrected chi connectivity index (χ4v) is 1.97. The van der Waals surface area contributed by atoms with Gasteiger partial charge in [0, 0.05) is 12.3 Å². The minimum Gasteiger partial charge on any atom is -0.478 e. The van der Waals surface area contributed by atoms with E-state index in [1.54, 1.807) is 19.1 Å². The van der Waals surface area contributed by atoms with Gasteiger partial charge in [-0.05, 0) is 19.1 Å². The molecular weight excluding hydrogens is 282 g/mol. The molecule has 0 atom stereocenters. The smallest absolute Gasteiger partial charge is 0.337 e. The van der Waals surface area contributed by atoms with Crippen LogP contribution >= 0.6 is 11.8 Å². The molecule has 0 saturated heterocycles. The molecule has 0 radical (unpaired) electrons. The summed E-state index contributed by atoms with van der Waals surface area (Å²) in [6.07, 6.45) is 1.25. The fraction of sp³-hybridized carbons (Fsp3) is 0.167. The Labute approximate surface area is 118 Å². The van der Waals surface area contributed by atoms with Crippen molar-refractivity contribution in [1.29, 1.82) is 0 Å². The highest BCUT2D eigenvalue weighted by Crippen LogP contribution is 2.16. The Hall–Kier alpha value is -2.35. The molecule has 0 aliphatic heterocycles. The van der Waals surface area contributed by atoms with Crippen LogP contribution in [0.1, 0.15) is 16.1 Å². The molecule has 0 bridgehead atoms. The van der Waals surface area contributed by atoms with E-state index in [9.17, 15) is 9.59 Å². The van der Waals surface area contributed by atoms with Crippen molar-refractivity contribution in [3.8, 4) is 0 Å². The Kier molecular flexibility index (Phi) is 4.36. The zero-order valence-corrected chi connectivity index (χ0v) is 11.3. The van der Waals surface area contributed by atoms with Crippen molar-refractivity contribution in [2.75, 3.05) is 11.1 Å². The number of anilines is 1. The Morgan fingerprint density at radius 2 is 2.25 bits per heavy atom. The Morgan fingerprint density at radius 3 is 2.80 bits per heavy atom. The maximum absolute atomic E-state index is 11.6. The van der Waals surface area contributed by atoms with E-state index < -0.39 is 5.97 Å². The van der Waals surface area contributed by atoms with Gasteiger partial charge in [0.25, 0.3) is 0 Å². The van der Waals surface area contributed by atoms with Gasteiger partial charge in [-0.15, -0.1) is 0 Å². The van der Waals surface area contributed by atoms with Gasteiger partial charge in [-0.25, -0.2) is 9.78 Å². The topological polar surface area (TPSA) is 105 Å². The number of carbonyl (C=O) groups excluding carboxylic acids is 1. The number of rotatable bonds is 5. The summed E-state index contributed by atoms with van der Waals surface area (Å²) in [5.74, 6) is -0.857. The first-order chi connectivity index (χ1) is 9.54. The van der Waals surface area contributed by atoms with Crippen molar-refractivity contribution in [1.82, 2.24) is 10.1 Å². The molecular formula is C12H11N3O4S. The number of hydrogen-bond acceptors (Lipinski definition) is 6. The van der Waals surface area contributed by atoms with Crippen LogP contribution in [0.2, 0.25) is 0 Å². The van der Waals surface area contributed by atoms with Crippen LogP contribution in [-0.2, 0) is 4.79 Å². The van der Waals surface area contributed by atoms with Crippen molar-refractivity contribution in [3.05, 3.63) is 35.7 Å². The summed E-state index contributed by atoms with van der Waals surface area (Å²) in [7, 11) is 0. The van der Waals surface area contributed by atoms with Crippen LogP contribution < -0.4 is 5.32 Å². The summed E-state index contributed by atoms with van der Waals surface area (Å²) < 4.78 is 4.86. The van der Waals surface area contributed by atoms with Crippen molar-refractivity contribution < 1.29 is 19.2 Å². The van der Waals surface area contributed by atoms with Crippen LogP contribution in [0.5, 0.6) is 0 Å². The number of amides is 1. The number of pyridine rings is 1. The highest BCUT2D eigenvalue weighted by molar-refractivity contribution is 7.99. The molecule has 104 valence electrons. The van der Waals surface area contributed by atoms with Gasteiger partial charge in [-0.1, -0.05) is 16.9 Å². The van der Waals surface area contributed by atoms with E-state index in [2.05, 4.69) is 15.5 Å². The fourth-order valence-electron chi connectivity index (χ4n) is 1.33. The van der Waals surface area contributed by atoms with E-state index >= 15 is 0 Å². The first-order valence-corrected chi connectivity index (χ1v) is 6.58. The number of nitrogens with zero attached hydrogens (tertiary/aromatic N) is 2. The van der Waals surface area contributed by atoms with Gasteiger partial charge >= 0.3 is 5.97 Å². The summed E-state index contributed by atoms with van der Waals surface area (Å²) in [5.41, 5.74) is 0.787. The molecule has 0 fully saturated rings. The standard InChI is InChI=1S/C12H11N3O4S/c1-7-4-10(19-15-7)14-9(16)6-20-11-3-2-8(5-13-11)12(17)18/h2-5H,6H2,1H3,(H,14,16)(H,17,18). The number of carboxylic acids is 1. The SMILES string of the molecule is Cc1cc(NC(=O)CSc2ccc(C(=O)O)cn2)on1. The molecule has 20 heavy (non-hydrogen) atoms. The molecule has 0 aromatic carbocycles. The average molecular weight is 293 g/mol. The lowest BCUT2D eigenvalue weighted by Crippen LogP contribution is -2.13. The molecule has 1 amide bonds.